The predicted molar refractivity (Wildman–Crippen MR) is 63.8 cm³/mol. The maximum Gasteiger partial charge on any atom is 0.154 e. The number of Topliss-reactive ketones (excluding diaryl/α,β-unsaturated/α-hetero) is 1. The minimum Gasteiger partial charge on any atom is -0.298 e. The molecule has 0 radical (unpaired) electrons. The normalized spacial score (nSPS) is 13.8. The van der Waals surface area contributed by atoms with E-state index in [-0.39, 0.29) is 11.7 Å². The Labute approximate surface area is 101 Å². The molecule has 0 aromatic heterocycles. The summed E-state index contributed by atoms with van der Waals surface area (Å²) >= 11 is 0. The number of halogens is 1. The van der Waals surface area contributed by atoms with Crippen molar-refractivity contribution in [2.24, 2.45) is 5.92 Å². The number of nitrogens with zero attached hydrogens (tertiary/aromatic N) is 1. The summed E-state index contributed by atoms with van der Waals surface area (Å²) in [6.07, 6.45) is 1.26. The largest absolute Gasteiger partial charge is 0.298 e. The van der Waals surface area contributed by atoms with Crippen LogP contribution in [0.3, 0.4) is 0 Å². The third kappa shape index (κ3) is 3.67. The first-order chi connectivity index (χ1) is 8.08. The fourth-order valence-corrected chi connectivity index (χ4v) is 1.62. The molecule has 0 fully saturated rings. The van der Waals surface area contributed by atoms with Gasteiger partial charge in [0.15, 0.2) is 5.78 Å². The molecule has 17 heavy (non-hydrogen) atoms. The molecule has 2 nitrogen and oxygen atoms in total. The van der Waals surface area contributed by atoms with Crippen LogP contribution in [0.4, 0.5) is 4.39 Å². The second kappa shape index (κ2) is 6.15. The lowest BCUT2D eigenvalue weighted by Gasteiger charge is -2.11. The Morgan fingerprint density at radius 1 is 1.53 bits per heavy atom. The van der Waals surface area contributed by atoms with Gasteiger partial charge in [-0.1, -0.05) is 32.4 Å². The van der Waals surface area contributed by atoms with E-state index in [0.29, 0.717) is 12.0 Å². The smallest absolute Gasteiger partial charge is 0.154 e. The van der Waals surface area contributed by atoms with Crippen LogP contribution in [0.5, 0.6) is 0 Å². The third-order valence-electron chi connectivity index (χ3n) is 2.88. The Bertz CT molecular complexity index is 436. The number of carbonyl (C=O) groups is 1. The first kappa shape index (κ1) is 13.4. The van der Waals surface area contributed by atoms with Crippen molar-refractivity contribution in [3.8, 4) is 6.07 Å². The molecule has 0 saturated carbocycles. The molecular formula is C14H16FNO. The molecule has 1 aromatic rings. The number of ketones is 1. The van der Waals surface area contributed by atoms with Crippen LogP contribution in [0.2, 0.25) is 0 Å². The highest BCUT2D eigenvalue weighted by Crippen LogP contribution is 2.21. The summed E-state index contributed by atoms with van der Waals surface area (Å²) < 4.78 is 13.0. The van der Waals surface area contributed by atoms with Crippen molar-refractivity contribution in [2.75, 3.05) is 0 Å². The molecule has 0 heterocycles. The highest BCUT2D eigenvalue weighted by molar-refractivity contribution is 5.88. The van der Waals surface area contributed by atoms with Gasteiger partial charge in [-0.05, 0) is 23.6 Å². The Kier molecular flexibility index (Phi) is 4.84. The monoisotopic (exact) mass is 233 g/mol. The lowest BCUT2D eigenvalue weighted by Crippen LogP contribution is -2.14. The predicted octanol–water partition coefficient (Wildman–Crippen LogP) is 3.44. The van der Waals surface area contributed by atoms with Crippen molar-refractivity contribution in [1.29, 1.82) is 5.26 Å². The fraction of sp³-hybridized carbons (Fsp3) is 0.429. The maximum absolute atomic E-state index is 13.0. The van der Waals surface area contributed by atoms with Crippen LogP contribution in [0.25, 0.3) is 0 Å². The molecule has 0 bridgehead atoms. The van der Waals surface area contributed by atoms with E-state index in [1.54, 1.807) is 6.07 Å². The summed E-state index contributed by atoms with van der Waals surface area (Å²) in [5.74, 6) is -1.14. The van der Waals surface area contributed by atoms with Crippen LogP contribution in [0.15, 0.2) is 24.3 Å². The first-order valence-electron chi connectivity index (χ1n) is 5.76. The molecule has 0 amide bonds. The van der Waals surface area contributed by atoms with Crippen LogP contribution < -0.4 is 0 Å². The quantitative estimate of drug-likeness (QED) is 0.781. The lowest BCUT2D eigenvalue weighted by atomic mass is 9.90. The van der Waals surface area contributed by atoms with Crippen molar-refractivity contribution in [3.63, 3.8) is 0 Å². The van der Waals surface area contributed by atoms with E-state index >= 15 is 0 Å². The van der Waals surface area contributed by atoms with Gasteiger partial charge in [0.05, 0.1) is 6.07 Å². The van der Waals surface area contributed by atoms with Gasteiger partial charge in [-0.15, -0.1) is 0 Å². The number of hydrogen-bond donors (Lipinski definition) is 0. The van der Waals surface area contributed by atoms with Crippen molar-refractivity contribution in [1.82, 2.24) is 0 Å². The SMILES string of the molecule is CCC(C)CC(=O)C(C#N)c1cccc(F)c1. The van der Waals surface area contributed by atoms with E-state index in [0.717, 1.165) is 6.42 Å². The minimum absolute atomic E-state index is 0.132. The summed E-state index contributed by atoms with van der Waals surface area (Å²) in [5.41, 5.74) is 0.445. The second-order valence-corrected chi connectivity index (χ2v) is 4.30. The van der Waals surface area contributed by atoms with E-state index in [1.807, 2.05) is 19.9 Å². The van der Waals surface area contributed by atoms with Crippen LogP contribution >= 0.6 is 0 Å². The molecule has 3 heteroatoms. The molecule has 2 atom stereocenters. The summed E-state index contributed by atoms with van der Waals surface area (Å²) in [5, 5.41) is 9.03. The number of rotatable bonds is 5. The van der Waals surface area contributed by atoms with E-state index in [4.69, 9.17) is 5.26 Å². The van der Waals surface area contributed by atoms with Crippen LogP contribution in [-0.4, -0.2) is 5.78 Å². The zero-order valence-corrected chi connectivity index (χ0v) is 10.1. The van der Waals surface area contributed by atoms with Gasteiger partial charge in [0.1, 0.15) is 11.7 Å². The summed E-state index contributed by atoms with van der Waals surface area (Å²) in [7, 11) is 0. The van der Waals surface area contributed by atoms with Crippen molar-refractivity contribution in [3.05, 3.63) is 35.6 Å². The van der Waals surface area contributed by atoms with Crippen molar-refractivity contribution < 1.29 is 9.18 Å². The highest BCUT2D eigenvalue weighted by atomic mass is 19.1. The number of hydrogen-bond acceptors (Lipinski definition) is 2. The van der Waals surface area contributed by atoms with Crippen molar-refractivity contribution in [2.45, 2.75) is 32.6 Å². The topological polar surface area (TPSA) is 40.9 Å². The van der Waals surface area contributed by atoms with Crippen molar-refractivity contribution >= 4 is 5.78 Å². The molecule has 0 aliphatic rings. The Morgan fingerprint density at radius 3 is 2.76 bits per heavy atom. The zero-order chi connectivity index (χ0) is 12.8. The molecule has 0 aliphatic carbocycles. The van der Waals surface area contributed by atoms with Gasteiger partial charge in [-0.3, -0.25) is 4.79 Å². The highest BCUT2D eigenvalue weighted by Gasteiger charge is 2.21. The maximum atomic E-state index is 13.0. The molecule has 1 aromatic carbocycles. The number of carbonyl (C=O) groups excluding carboxylic acids is 1. The van der Waals surface area contributed by atoms with E-state index < -0.39 is 11.7 Å². The van der Waals surface area contributed by atoms with E-state index in [2.05, 4.69) is 0 Å². The molecule has 1 rings (SSSR count). The Hall–Kier alpha value is -1.69. The standard InChI is InChI=1S/C14H16FNO/c1-3-10(2)7-14(17)13(9-16)11-5-4-6-12(15)8-11/h4-6,8,10,13H,3,7H2,1-2H3. The third-order valence-corrected chi connectivity index (χ3v) is 2.88. The molecule has 0 spiro atoms. The van der Waals surface area contributed by atoms with Gasteiger partial charge in [0.2, 0.25) is 0 Å². The first-order valence-corrected chi connectivity index (χ1v) is 5.76. The summed E-state index contributed by atoms with van der Waals surface area (Å²) in [6, 6.07) is 7.65. The Morgan fingerprint density at radius 2 is 2.24 bits per heavy atom. The van der Waals surface area contributed by atoms with Crippen LogP contribution in [0.1, 0.15) is 38.2 Å². The lowest BCUT2D eigenvalue weighted by molar-refractivity contribution is -0.120. The molecule has 0 saturated heterocycles. The molecule has 90 valence electrons. The average Bonchev–Trinajstić information content (AvgIpc) is 2.30. The fourth-order valence-electron chi connectivity index (χ4n) is 1.62. The minimum atomic E-state index is -0.848. The van der Waals surface area contributed by atoms with Gasteiger partial charge in [-0.2, -0.15) is 5.26 Å². The average molecular weight is 233 g/mol. The zero-order valence-electron chi connectivity index (χ0n) is 10.1. The molecule has 2 unspecified atom stereocenters. The molecular weight excluding hydrogens is 217 g/mol. The summed E-state index contributed by atoms with van der Waals surface area (Å²) in [4.78, 5) is 11.9. The van der Waals surface area contributed by atoms with Gasteiger partial charge in [0, 0.05) is 6.42 Å². The second-order valence-electron chi connectivity index (χ2n) is 4.30. The summed E-state index contributed by atoms with van der Waals surface area (Å²) in [6.45, 7) is 3.97. The van der Waals surface area contributed by atoms with Gasteiger partial charge >= 0.3 is 0 Å². The van der Waals surface area contributed by atoms with Crippen LogP contribution in [0, 0.1) is 23.1 Å². The Balaban J connectivity index is 2.86. The number of nitriles is 1. The van der Waals surface area contributed by atoms with Gasteiger partial charge < -0.3 is 0 Å². The number of benzene rings is 1. The van der Waals surface area contributed by atoms with E-state index in [9.17, 15) is 9.18 Å². The van der Waals surface area contributed by atoms with E-state index in [1.165, 1.54) is 18.2 Å². The van der Waals surface area contributed by atoms with Gasteiger partial charge in [0.25, 0.3) is 0 Å². The van der Waals surface area contributed by atoms with Crippen LogP contribution in [-0.2, 0) is 4.79 Å². The van der Waals surface area contributed by atoms with Gasteiger partial charge in [-0.25, -0.2) is 4.39 Å². The molecule has 0 N–H and O–H groups in total. The molecule has 0 aliphatic heterocycles.